The Morgan fingerprint density at radius 2 is 1.76 bits per heavy atom. The number of amides is 3. The molecule has 0 spiro atoms. The van der Waals surface area contributed by atoms with Crippen molar-refractivity contribution >= 4 is 17.6 Å². The van der Waals surface area contributed by atoms with E-state index in [-0.39, 0.29) is 11.1 Å². The van der Waals surface area contributed by atoms with Gasteiger partial charge in [0.2, 0.25) is 0 Å². The van der Waals surface area contributed by atoms with Crippen molar-refractivity contribution in [1.82, 2.24) is 10.6 Å². The molecule has 0 fully saturated rings. The number of allylic oxidation sites excluding steroid dienone is 1. The minimum atomic E-state index is -0.935. The van der Waals surface area contributed by atoms with Gasteiger partial charge in [0, 0.05) is 16.9 Å². The van der Waals surface area contributed by atoms with Gasteiger partial charge < -0.3 is 16.0 Å². The van der Waals surface area contributed by atoms with Crippen molar-refractivity contribution in [3.05, 3.63) is 77.0 Å². The van der Waals surface area contributed by atoms with E-state index in [1.54, 1.807) is 13.0 Å². The Balaban J connectivity index is 1.96. The highest BCUT2D eigenvalue weighted by Gasteiger charge is 2.32. The van der Waals surface area contributed by atoms with Crippen LogP contribution in [0, 0.1) is 11.6 Å². The zero-order valence-electron chi connectivity index (χ0n) is 13.3. The number of carbonyl (C=O) groups excluding carboxylic acids is 2. The molecule has 0 aliphatic carbocycles. The number of urea groups is 1. The van der Waals surface area contributed by atoms with Crippen LogP contribution in [0.2, 0.25) is 0 Å². The summed E-state index contributed by atoms with van der Waals surface area (Å²) in [6.45, 7) is 1.56. The minimum absolute atomic E-state index is 0.175. The van der Waals surface area contributed by atoms with Crippen LogP contribution in [0.5, 0.6) is 0 Å². The molecular formula is C18H15F2N3O2. The number of rotatable bonds is 3. The van der Waals surface area contributed by atoms with Crippen molar-refractivity contribution in [2.45, 2.75) is 13.0 Å². The smallest absolute Gasteiger partial charge is 0.319 e. The summed E-state index contributed by atoms with van der Waals surface area (Å²) in [6.07, 6.45) is 0. The van der Waals surface area contributed by atoms with E-state index in [0.717, 1.165) is 0 Å². The third-order valence-corrected chi connectivity index (χ3v) is 3.83. The second-order valence-corrected chi connectivity index (χ2v) is 5.55. The molecule has 0 saturated heterocycles. The van der Waals surface area contributed by atoms with Crippen LogP contribution in [0.1, 0.15) is 18.5 Å². The largest absolute Gasteiger partial charge is 0.327 e. The zero-order chi connectivity index (χ0) is 18.0. The summed E-state index contributed by atoms with van der Waals surface area (Å²) >= 11 is 0. The maximum Gasteiger partial charge on any atom is 0.319 e. The van der Waals surface area contributed by atoms with Crippen LogP contribution in [0.4, 0.5) is 19.3 Å². The van der Waals surface area contributed by atoms with Crippen LogP contribution in [0.15, 0.2) is 59.8 Å². The lowest BCUT2D eigenvalue weighted by Crippen LogP contribution is -2.46. The van der Waals surface area contributed by atoms with Crippen LogP contribution >= 0.6 is 0 Å². The van der Waals surface area contributed by atoms with E-state index in [2.05, 4.69) is 16.0 Å². The van der Waals surface area contributed by atoms with E-state index in [1.165, 1.54) is 42.5 Å². The molecule has 128 valence electrons. The van der Waals surface area contributed by atoms with Crippen molar-refractivity contribution in [2.75, 3.05) is 5.32 Å². The van der Waals surface area contributed by atoms with Gasteiger partial charge in [0.1, 0.15) is 11.6 Å². The fourth-order valence-corrected chi connectivity index (χ4v) is 2.67. The first kappa shape index (κ1) is 16.6. The van der Waals surface area contributed by atoms with Gasteiger partial charge in [-0.15, -0.1) is 0 Å². The Hall–Kier alpha value is -3.22. The number of anilines is 1. The lowest BCUT2D eigenvalue weighted by Gasteiger charge is -2.28. The number of hydrogen-bond donors (Lipinski definition) is 3. The summed E-state index contributed by atoms with van der Waals surface area (Å²) < 4.78 is 27.2. The Kier molecular flexibility index (Phi) is 4.47. The topological polar surface area (TPSA) is 70.2 Å². The Bertz CT molecular complexity index is 863. The monoisotopic (exact) mass is 343 g/mol. The first-order valence-corrected chi connectivity index (χ1v) is 7.55. The Labute approximate surface area is 142 Å². The average molecular weight is 343 g/mol. The first-order valence-electron chi connectivity index (χ1n) is 7.55. The number of carbonyl (C=O) groups is 2. The lowest BCUT2D eigenvalue weighted by molar-refractivity contribution is -0.113. The van der Waals surface area contributed by atoms with E-state index < -0.39 is 29.6 Å². The van der Waals surface area contributed by atoms with E-state index in [4.69, 9.17) is 0 Å². The van der Waals surface area contributed by atoms with Gasteiger partial charge >= 0.3 is 6.03 Å². The second kappa shape index (κ2) is 6.72. The van der Waals surface area contributed by atoms with Crippen molar-refractivity contribution in [3.63, 3.8) is 0 Å². The molecule has 2 aromatic carbocycles. The third kappa shape index (κ3) is 3.50. The summed E-state index contributed by atoms with van der Waals surface area (Å²) in [5.74, 6) is -1.48. The quantitative estimate of drug-likeness (QED) is 0.801. The van der Waals surface area contributed by atoms with Gasteiger partial charge in [-0.1, -0.05) is 18.2 Å². The van der Waals surface area contributed by atoms with Gasteiger partial charge in [0.05, 0.1) is 11.6 Å². The van der Waals surface area contributed by atoms with Crippen LogP contribution in [-0.4, -0.2) is 11.9 Å². The highest BCUT2D eigenvalue weighted by molar-refractivity contribution is 6.06. The molecule has 1 aliphatic heterocycles. The molecular weight excluding hydrogens is 328 g/mol. The van der Waals surface area contributed by atoms with Crippen LogP contribution in [-0.2, 0) is 4.79 Å². The van der Waals surface area contributed by atoms with Gasteiger partial charge in [-0.25, -0.2) is 13.6 Å². The molecule has 0 unspecified atom stereocenters. The molecule has 0 bridgehead atoms. The molecule has 3 amide bonds. The molecule has 3 N–H and O–H groups in total. The zero-order valence-corrected chi connectivity index (χ0v) is 13.3. The van der Waals surface area contributed by atoms with Gasteiger partial charge in [0.15, 0.2) is 0 Å². The van der Waals surface area contributed by atoms with Crippen molar-refractivity contribution in [2.24, 2.45) is 0 Å². The fraction of sp³-hybridized carbons (Fsp3) is 0.111. The average Bonchev–Trinajstić information content (AvgIpc) is 2.56. The summed E-state index contributed by atoms with van der Waals surface area (Å²) in [6, 6.07) is 9.70. The van der Waals surface area contributed by atoms with Gasteiger partial charge in [-0.3, -0.25) is 4.79 Å². The maximum atomic E-state index is 14.2. The molecule has 25 heavy (non-hydrogen) atoms. The Morgan fingerprint density at radius 3 is 2.44 bits per heavy atom. The molecule has 0 saturated carbocycles. The number of hydrogen-bond acceptors (Lipinski definition) is 2. The number of nitrogens with one attached hydrogen (secondary N) is 3. The summed E-state index contributed by atoms with van der Waals surface area (Å²) in [4.78, 5) is 24.5. The lowest BCUT2D eigenvalue weighted by atomic mass is 9.94. The molecule has 1 atom stereocenters. The van der Waals surface area contributed by atoms with Crippen molar-refractivity contribution < 1.29 is 18.4 Å². The van der Waals surface area contributed by atoms with Gasteiger partial charge in [0.25, 0.3) is 5.91 Å². The minimum Gasteiger partial charge on any atom is -0.327 e. The molecule has 0 aromatic heterocycles. The molecule has 7 heteroatoms. The molecule has 2 aromatic rings. The molecule has 0 radical (unpaired) electrons. The molecule has 3 rings (SSSR count). The summed E-state index contributed by atoms with van der Waals surface area (Å²) in [5, 5.41) is 7.70. The molecule has 1 aliphatic rings. The van der Waals surface area contributed by atoms with Crippen LogP contribution in [0.25, 0.3) is 0 Å². The molecule has 5 nitrogen and oxygen atoms in total. The Morgan fingerprint density at radius 1 is 1.08 bits per heavy atom. The molecule has 1 heterocycles. The summed E-state index contributed by atoms with van der Waals surface area (Å²) in [5.41, 5.74) is 1.06. The third-order valence-electron chi connectivity index (χ3n) is 3.83. The van der Waals surface area contributed by atoms with E-state index in [0.29, 0.717) is 11.4 Å². The number of halogens is 2. The predicted molar refractivity (Wildman–Crippen MR) is 88.5 cm³/mol. The van der Waals surface area contributed by atoms with E-state index >= 15 is 0 Å². The predicted octanol–water partition coefficient (Wildman–Crippen LogP) is 3.23. The van der Waals surface area contributed by atoms with Crippen molar-refractivity contribution in [1.29, 1.82) is 0 Å². The van der Waals surface area contributed by atoms with Crippen LogP contribution in [0.3, 0.4) is 0 Å². The van der Waals surface area contributed by atoms with E-state index in [1.807, 2.05) is 0 Å². The SMILES string of the molecule is CC1=C(C(=O)Nc2ccc(F)cc2)[C@@H](c2ccccc2F)NC(=O)N1. The highest BCUT2D eigenvalue weighted by atomic mass is 19.1. The second-order valence-electron chi connectivity index (χ2n) is 5.55. The first-order chi connectivity index (χ1) is 12.0. The van der Waals surface area contributed by atoms with Gasteiger partial charge in [-0.05, 0) is 37.3 Å². The fourth-order valence-electron chi connectivity index (χ4n) is 2.67. The number of benzene rings is 2. The van der Waals surface area contributed by atoms with E-state index in [9.17, 15) is 18.4 Å². The van der Waals surface area contributed by atoms with Crippen LogP contribution < -0.4 is 16.0 Å². The normalized spacial score (nSPS) is 16.9. The van der Waals surface area contributed by atoms with Crippen molar-refractivity contribution in [3.8, 4) is 0 Å². The standard InChI is InChI=1S/C18H15F2N3O2/c1-10-15(17(24)22-12-8-6-11(19)7-9-12)16(23-18(25)21-10)13-4-2-3-5-14(13)20/h2-9,16H,1H3,(H,22,24)(H2,21,23,25)/t16-/m1/s1. The summed E-state index contributed by atoms with van der Waals surface area (Å²) in [7, 11) is 0. The maximum absolute atomic E-state index is 14.2. The highest BCUT2D eigenvalue weighted by Crippen LogP contribution is 2.29. The van der Waals surface area contributed by atoms with Gasteiger partial charge in [-0.2, -0.15) is 0 Å².